The van der Waals surface area contributed by atoms with Crippen LogP contribution in [0, 0.1) is 0 Å². The Balaban J connectivity index is 0.804. The van der Waals surface area contributed by atoms with Crippen molar-refractivity contribution in [2.45, 2.75) is 0 Å². The Morgan fingerprint density at radius 1 is 0.231 bits per heavy atom. The summed E-state index contributed by atoms with van der Waals surface area (Å²) in [5.74, 6) is 0.914. The highest BCUT2D eigenvalue weighted by Crippen LogP contribution is 2.41. The Labute approximate surface area is 452 Å². The number of aromatic nitrogens is 4. The van der Waals surface area contributed by atoms with Gasteiger partial charge in [0.1, 0.15) is 5.82 Å². The Morgan fingerprint density at radius 2 is 0.590 bits per heavy atom. The molecule has 366 valence electrons. The third-order valence-corrected chi connectivity index (χ3v) is 15.4. The summed E-state index contributed by atoms with van der Waals surface area (Å²) in [4.78, 5) is 7.54. The van der Waals surface area contributed by atoms with E-state index in [0.717, 1.165) is 78.8 Å². The molecule has 15 aromatic rings. The molecule has 3 heterocycles. The van der Waals surface area contributed by atoms with E-state index in [-0.39, 0.29) is 0 Å². The van der Waals surface area contributed by atoms with E-state index in [1.54, 1.807) is 0 Å². The minimum absolute atomic E-state index is 0.914. The smallest absolute Gasteiger partial charge is 0.145 e. The highest BCUT2D eigenvalue weighted by molar-refractivity contribution is 6.11. The van der Waals surface area contributed by atoms with Crippen LogP contribution in [0.4, 0.5) is 17.1 Å². The van der Waals surface area contributed by atoms with Crippen LogP contribution in [-0.4, -0.2) is 18.7 Å². The first-order valence-corrected chi connectivity index (χ1v) is 26.6. The van der Waals surface area contributed by atoms with E-state index in [0.29, 0.717) is 0 Å². The predicted octanol–water partition coefficient (Wildman–Crippen LogP) is 19.4. The zero-order valence-corrected chi connectivity index (χ0v) is 42.5. The zero-order valence-electron chi connectivity index (χ0n) is 42.5. The molecular formula is C73H49N5. The fourth-order valence-electron chi connectivity index (χ4n) is 11.8. The average Bonchev–Trinajstić information content (AvgIpc) is 4.24. The molecule has 0 saturated heterocycles. The summed E-state index contributed by atoms with van der Waals surface area (Å²) in [6.45, 7) is 0. The second-order valence-electron chi connectivity index (χ2n) is 20.0. The van der Waals surface area contributed by atoms with Crippen LogP contribution in [0.25, 0.3) is 116 Å². The molecule has 0 spiro atoms. The number of fused-ring (bicyclic) bond motifs is 7. The lowest BCUT2D eigenvalue weighted by Crippen LogP contribution is -2.09. The zero-order chi connectivity index (χ0) is 51.5. The summed E-state index contributed by atoms with van der Waals surface area (Å²) in [6, 6.07) is 107. The van der Waals surface area contributed by atoms with Gasteiger partial charge in [0, 0.05) is 61.2 Å². The minimum atomic E-state index is 0.914. The van der Waals surface area contributed by atoms with Crippen LogP contribution < -0.4 is 4.90 Å². The van der Waals surface area contributed by atoms with Gasteiger partial charge in [-0.25, -0.2) is 4.98 Å². The normalized spacial score (nSPS) is 11.6. The second-order valence-corrected chi connectivity index (χ2v) is 20.0. The topological polar surface area (TPSA) is 30.9 Å². The molecule has 0 aliphatic rings. The Bertz CT molecular complexity index is 4490. The highest BCUT2D eigenvalue weighted by Gasteiger charge is 2.19. The first kappa shape index (κ1) is 44.9. The lowest BCUT2D eigenvalue weighted by atomic mass is 10.0. The van der Waals surface area contributed by atoms with Crippen molar-refractivity contribution in [2.24, 2.45) is 0 Å². The molecule has 0 aliphatic heterocycles. The Morgan fingerprint density at radius 3 is 1.06 bits per heavy atom. The molecule has 5 heteroatoms. The van der Waals surface area contributed by atoms with Gasteiger partial charge in [-0.3, -0.25) is 4.57 Å². The van der Waals surface area contributed by atoms with Crippen LogP contribution in [0.2, 0.25) is 0 Å². The molecule has 0 unspecified atom stereocenters. The van der Waals surface area contributed by atoms with Crippen molar-refractivity contribution in [2.75, 3.05) is 4.90 Å². The van der Waals surface area contributed by atoms with E-state index in [1.807, 2.05) is 0 Å². The molecule has 15 rings (SSSR count). The Hall–Kier alpha value is -10.5. The van der Waals surface area contributed by atoms with Gasteiger partial charge in [-0.05, 0) is 161 Å². The van der Waals surface area contributed by atoms with Crippen LogP contribution in [0.15, 0.2) is 297 Å². The van der Waals surface area contributed by atoms with E-state index in [9.17, 15) is 0 Å². The summed E-state index contributed by atoms with van der Waals surface area (Å²) in [5, 5.41) is 4.95. The molecule has 0 aliphatic carbocycles. The van der Waals surface area contributed by atoms with Crippen LogP contribution in [0.3, 0.4) is 0 Å². The monoisotopic (exact) mass is 995 g/mol. The number of anilines is 3. The van der Waals surface area contributed by atoms with E-state index >= 15 is 0 Å². The van der Waals surface area contributed by atoms with Gasteiger partial charge in [0.25, 0.3) is 0 Å². The van der Waals surface area contributed by atoms with Crippen molar-refractivity contribution < 1.29 is 0 Å². The molecule has 0 N–H and O–H groups in total. The number of hydrogen-bond donors (Lipinski definition) is 0. The van der Waals surface area contributed by atoms with Crippen LogP contribution in [-0.2, 0) is 0 Å². The molecular weight excluding hydrogens is 947 g/mol. The molecule has 0 bridgehead atoms. The highest BCUT2D eigenvalue weighted by atomic mass is 15.1. The van der Waals surface area contributed by atoms with Gasteiger partial charge >= 0.3 is 0 Å². The van der Waals surface area contributed by atoms with Gasteiger partial charge in [0.2, 0.25) is 0 Å². The minimum Gasteiger partial charge on any atom is -0.311 e. The number of benzene rings is 12. The van der Waals surface area contributed by atoms with Crippen LogP contribution in [0.1, 0.15) is 0 Å². The van der Waals surface area contributed by atoms with Gasteiger partial charge in [0.15, 0.2) is 0 Å². The summed E-state index contributed by atoms with van der Waals surface area (Å²) >= 11 is 0. The van der Waals surface area contributed by atoms with Gasteiger partial charge in [-0.2, -0.15) is 0 Å². The quantitative estimate of drug-likeness (QED) is 0.137. The fraction of sp³-hybridized carbons (Fsp3) is 0. The first-order chi connectivity index (χ1) is 38.7. The van der Waals surface area contributed by atoms with Crippen LogP contribution >= 0.6 is 0 Å². The summed E-state index contributed by atoms with van der Waals surface area (Å²) in [6.07, 6.45) is 0. The number of nitrogens with zero attached hydrogens (tertiary/aromatic N) is 5. The molecule has 78 heavy (non-hydrogen) atoms. The fourth-order valence-corrected chi connectivity index (χ4v) is 11.8. The molecule has 0 fully saturated rings. The maximum Gasteiger partial charge on any atom is 0.145 e. The van der Waals surface area contributed by atoms with Gasteiger partial charge in [-0.1, -0.05) is 170 Å². The molecule has 0 atom stereocenters. The standard InChI is InChI=1S/C73H49N5/c1-4-19-57(20-5-1)76-68-28-13-10-25-63(68)65-48-54(37-45-70(65)76)51-33-41-61(42-34-51)75(62-43-35-52(36-44-62)55-38-46-71-66(49-55)64-26-11-14-29-69(64)77(71)58-21-6-2-7-22-58)60-39-31-50(32-40-60)53-17-16-18-56(47-53)73-74-67-27-12-15-30-72(67)78(73)59-23-8-3-9-24-59/h1-49H. The molecule has 12 aromatic carbocycles. The van der Waals surface area contributed by atoms with Crippen molar-refractivity contribution in [1.29, 1.82) is 0 Å². The third kappa shape index (κ3) is 7.67. The first-order valence-electron chi connectivity index (χ1n) is 26.6. The van der Waals surface area contributed by atoms with Crippen molar-refractivity contribution in [3.8, 4) is 61.8 Å². The number of para-hydroxylation sites is 7. The maximum absolute atomic E-state index is 5.18. The third-order valence-electron chi connectivity index (χ3n) is 15.4. The lowest BCUT2D eigenvalue weighted by Gasteiger charge is -2.26. The van der Waals surface area contributed by atoms with E-state index in [2.05, 4.69) is 316 Å². The lowest BCUT2D eigenvalue weighted by molar-refractivity contribution is 1.10. The van der Waals surface area contributed by atoms with E-state index in [1.165, 1.54) is 54.7 Å². The summed E-state index contributed by atoms with van der Waals surface area (Å²) < 4.78 is 7.00. The molecule has 0 radical (unpaired) electrons. The Kier molecular flexibility index (Phi) is 10.8. The average molecular weight is 996 g/mol. The number of imidazole rings is 1. The van der Waals surface area contributed by atoms with Gasteiger partial charge in [0.05, 0.1) is 33.1 Å². The summed E-state index contributed by atoms with van der Waals surface area (Å²) in [5.41, 5.74) is 21.4. The SMILES string of the molecule is c1ccc(-n2c(-c3cccc(-c4ccc(N(c5ccc(-c6ccc7c(c6)c6ccccc6n7-c6ccccc6)cc5)c5ccc(-c6ccc7c(c6)c6ccccc6n7-c6ccccc6)cc5)cc4)c3)nc3ccccc32)cc1. The second kappa shape index (κ2) is 18.7. The van der Waals surface area contributed by atoms with E-state index in [4.69, 9.17) is 4.98 Å². The maximum atomic E-state index is 5.18. The molecule has 0 amide bonds. The van der Waals surface area contributed by atoms with E-state index < -0.39 is 0 Å². The molecule has 0 saturated carbocycles. The van der Waals surface area contributed by atoms with Crippen LogP contribution in [0.5, 0.6) is 0 Å². The van der Waals surface area contributed by atoms with Crippen molar-refractivity contribution in [3.05, 3.63) is 297 Å². The van der Waals surface area contributed by atoms with Gasteiger partial charge in [-0.15, -0.1) is 0 Å². The number of hydrogen-bond acceptors (Lipinski definition) is 2. The van der Waals surface area contributed by atoms with Crippen molar-refractivity contribution >= 4 is 71.7 Å². The molecule has 5 nitrogen and oxygen atoms in total. The van der Waals surface area contributed by atoms with Gasteiger partial charge < -0.3 is 14.0 Å². The van der Waals surface area contributed by atoms with Crippen molar-refractivity contribution in [3.63, 3.8) is 0 Å². The van der Waals surface area contributed by atoms with Crippen molar-refractivity contribution in [1.82, 2.24) is 18.7 Å². The summed E-state index contributed by atoms with van der Waals surface area (Å²) in [7, 11) is 0. The largest absolute Gasteiger partial charge is 0.311 e. The molecule has 3 aromatic heterocycles. The number of rotatable bonds is 10. The predicted molar refractivity (Wildman–Crippen MR) is 326 cm³/mol.